The number of morpholine rings is 1. The average Bonchev–Trinajstić information content (AvgIpc) is 3.19. The lowest BCUT2D eigenvalue weighted by Gasteiger charge is -2.45. The second-order valence-corrected chi connectivity index (χ2v) is 8.44. The first-order chi connectivity index (χ1) is 13.7. The van der Waals surface area contributed by atoms with Gasteiger partial charge in [-0.3, -0.25) is 9.59 Å². The molecular formula is C22H32N3O3+. The smallest absolute Gasteiger partial charge is 0.251 e. The summed E-state index contributed by atoms with van der Waals surface area (Å²) < 4.78 is 5.56. The summed E-state index contributed by atoms with van der Waals surface area (Å²) in [6, 6.07) is 7.46. The molecule has 1 aromatic carbocycles. The summed E-state index contributed by atoms with van der Waals surface area (Å²) in [5.41, 5.74) is 1.71. The summed E-state index contributed by atoms with van der Waals surface area (Å²) in [5.74, 6) is 0.154. The Labute approximate surface area is 167 Å². The van der Waals surface area contributed by atoms with Crippen LogP contribution in [0.25, 0.3) is 0 Å². The first-order valence-corrected chi connectivity index (χ1v) is 10.8. The molecular weight excluding hydrogens is 354 g/mol. The van der Waals surface area contributed by atoms with Crippen molar-refractivity contribution in [2.75, 3.05) is 44.3 Å². The van der Waals surface area contributed by atoms with Crippen LogP contribution in [0.5, 0.6) is 0 Å². The third kappa shape index (κ3) is 4.08. The van der Waals surface area contributed by atoms with Crippen LogP contribution in [0.4, 0.5) is 5.69 Å². The topological polar surface area (TPSA) is 63.1 Å². The second kappa shape index (κ2) is 8.62. The molecule has 0 radical (unpaired) electrons. The molecule has 6 nitrogen and oxygen atoms in total. The van der Waals surface area contributed by atoms with Gasteiger partial charge in [0.05, 0.1) is 19.8 Å². The summed E-state index contributed by atoms with van der Waals surface area (Å²) >= 11 is 0. The zero-order valence-electron chi connectivity index (χ0n) is 16.7. The lowest BCUT2D eigenvalue weighted by atomic mass is 9.79. The number of nitrogens with zero attached hydrogens (tertiary/aromatic N) is 1. The van der Waals surface area contributed by atoms with Crippen molar-refractivity contribution in [3.63, 3.8) is 0 Å². The van der Waals surface area contributed by atoms with Crippen molar-refractivity contribution in [1.29, 1.82) is 0 Å². The Morgan fingerprint density at radius 3 is 2.43 bits per heavy atom. The van der Waals surface area contributed by atoms with E-state index in [1.807, 2.05) is 24.3 Å². The first-order valence-electron chi connectivity index (χ1n) is 10.8. The Kier molecular flexibility index (Phi) is 5.97. The molecule has 1 saturated carbocycles. The molecule has 3 aliphatic rings. The van der Waals surface area contributed by atoms with Gasteiger partial charge >= 0.3 is 0 Å². The van der Waals surface area contributed by atoms with E-state index in [4.69, 9.17) is 4.74 Å². The van der Waals surface area contributed by atoms with Crippen LogP contribution in [0.1, 0.15) is 55.3 Å². The molecule has 0 spiro atoms. The third-order valence-electron chi connectivity index (χ3n) is 6.76. The number of rotatable bonds is 5. The maximum Gasteiger partial charge on any atom is 0.251 e. The summed E-state index contributed by atoms with van der Waals surface area (Å²) in [5, 5.41) is 3.22. The van der Waals surface area contributed by atoms with Gasteiger partial charge < -0.3 is 19.9 Å². The fraction of sp³-hybridized carbons (Fsp3) is 0.636. The molecule has 2 saturated heterocycles. The van der Waals surface area contributed by atoms with Gasteiger partial charge in [0.2, 0.25) is 5.91 Å². The van der Waals surface area contributed by atoms with Crippen molar-refractivity contribution in [1.82, 2.24) is 5.32 Å². The van der Waals surface area contributed by atoms with Crippen LogP contribution in [0.2, 0.25) is 0 Å². The van der Waals surface area contributed by atoms with Gasteiger partial charge in [-0.25, -0.2) is 0 Å². The van der Waals surface area contributed by atoms with E-state index in [2.05, 4.69) is 5.32 Å². The second-order valence-electron chi connectivity index (χ2n) is 8.44. The van der Waals surface area contributed by atoms with Gasteiger partial charge in [0.15, 0.2) is 0 Å². The molecule has 2 N–H and O–H groups in total. The molecule has 2 aliphatic heterocycles. The largest absolute Gasteiger partial charge is 0.370 e. The number of benzene rings is 1. The minimum atomic E-state index is -0.0168. The standard InChI is InChI=1S/C22H31N3O3/c26-20-5-4-12-25(20)19-8-6-18(7-9-19)21(27)23-17-22(10-2-1-3-11-22)24-13-15-28-16-14-24/h6-9H,1-5,10-17H2,(H,23,27)/p+1. The van der Waals surface area contributed by atoms with Crippen LogP contribution in [-0.2, 0) is 9.53 Å². The molecule has 1 aromatic rings. The predicted octanol–water partition coefficient (Wildman–Crippen LogP) is 1.16. The number of hydrogen-bond acceptors (Lipinski definition) is 3. The predicted molar refractivity (Wildman–Crippen MR) is 108 cm³/mol. The summed E-state index contributed by atoms with van der Waals surface area (Å²) in [7, 11) is 0. The van der Waals surface area contributed by atoms with Crippen LogP contribution in [0, 0.1) is 0 Å². The van der Waals surface area contributed by atoms with Gasteiger partial charge in [0.1, 0.15) is 18.6 Å². The van der Waals surface area contributed by atoms with E-state index in [0.717, 1.165) is 51.5 Å². The molecule has 1 aliphatic carbocycles. The minimum absolute atomic E-state index is 0.0168. The minimum Gasteiger partial charge on any atom is -0.370 e. The maximum atomic E-state index is 12.8. The Morgan fingerprint density at radius 1 is 1.07 bits per heavy atom. The Bertz CT molecular complexity index is 691. The van der Waals surface area contributed by atoms with Crippen molar-refractivity contribution >= 4 is 17.5 Å². The van der Waals surface area contributed by atoms with Gasteiger partial charge in [-0.05, 0) is 43.5 Å². The number of amides is 2. The normalized spacial score (nSPS) is 23.0. The van der Waals surface area contributed by atoms with Gasteiger partial charge in [-0.15, -0.1) is 0 Å². The number of carbonyl (C=O) groups is 2. The molecule has 0 unspecified atom stereocenters. The number of ether oxygens (including phenoxy) is 1. The van der Waals surface area contributed by atoms with Crippen molar-refractivity contribution in [2.45, 2.75) is 50.5 Å². The highest BCUT2D eigenvalue weighted by Crippen LogP contribution is 2.26. The van der Waals surface area contributed by atoms with E-state index in [0.29, 0.717) is 12.0 Å². The molecule has 0 atom stereocenters. The Morgan fingerprint density at radius 2 is 1.79 bits per heavy atom. The van der Waals surface area contributed by atoms with Crippen LogP contribution >= 0.6 is 0 Å². The van der Waals surface area contributed by atoms with E-state index < -0.39 is 0 Å². The van der Waals surface area contributed by atoms with E-state index in [1.165, 1.54) is 32.1 Å². The molecule has 2 heterocycles. The summed E-state index contributed by atoms with van der Waals surface area (Å²) in [4.78, 5) is 28.1. The molecule has 28 heavy (non-hydrogen) atoms. The van der Waals surface area contributed by atoms with Crippen molar-refractivity contribution in [2.24, 2.45) is 0 Å². The lowest BCUT2D eigenvalue weighted by Crippen LogP contribution is -3.23. The van der Waals surface area contributed by atoms with Gasteiger partial charge in [-0.2, -0.15) is 0 Å². The van der Waals surface area contributed by atoms with E-state index >= 15 is 0 Å². The number of nitrogens with one attached hydrogen (secondary N) is 2. The van der Waals surface area contributed by atoms with Crippen molar-refractivity contribution in [3.05, 3.63) is 29.8 Å². The fourth-order valence-electron chi connectivity index (χ4n) is 5.10. The maximum absolute atomic E-state index is 12.8. The summed E-state index contributed by atoms with van der Waals surface area (Å²) in [6.45, 7) is 5.22. The van der Waals surface area contributed by atoms with Crippen molar-refractivity contribution in [3.8, 4) is 0 Å². The van der Waals surface area contributed by atoms with E-state index in [-0.39, 0.29) is 17.4 Å². The van der Waals surface area contributed by atoms with Gasteiger partial charge in [0.25, 0.3) is 5.91 Å². The van der Waals surface area contributed by atoms with Crippen LogP contribution in [-0.4, -0.2) is 56.7 Å². The highest BCUT2D eigenvalue weighted by molar-refractivity contribution is 5.97. The number of hydrogen-bond donors (Lipinski definition) is 2. The zero-order chi connectivity index (χ0) is 19.4. The van der Waals surface area contributed by atoms with Gasteiger partial charge in [-0.1, -0.05) is 6.42 Å². The Balaban J connectivity index is 1.40. The molecule has 0 bridgehead atoms. The van der Waals surface area contributed by atoms with Crippen LogP contribution < -0.4 is 15.1 Å². The van der Waals surface area contributed by atoms with E-state index in [1.54, 1.807) is 9.80 Å². The molecule has 4 rings (SSSR count). The number of anilines is 1. The number of carbonyl (C=O) groups excluding carboxylic acids is 2. The average molecular weight is 387 g/mol. The van der Waals surface area contributed by atoms with Crippen molar-refractivity contribution < 1.29 is 19.2 Å². The molecule has 3 fully saturated rings. The molecule has 0 aromatic heterocycles. The molecule has 152 valence electrons. The lowest BCUT2D eigenvalue weighted by molar-refractivity contribution is -0.960. The van der Waals surface area contributed by atoms with E-state index in [9.17, 15) is 9.59 Å². The highest BCUT2D eigenvalue weighted by Gasteiger charge is 2.42. The quantitative estimate of drug-likeness (QED) is 0.798. The third-order valence-corrected chi connectivity index (χ3v) is 6.76. The number of quaternary nitrogens is 1. The van der Waals surface area contributed by atoms with Gasteiger partial charge in [0, 0.05) is 37.1 Å². The highest BCUT2D eigenvalue weighted by atomic mass is 16.5. The first kappa shape index (κ1) is 19.4. The fourth-order valence-corrected chi connectivity index (χ4v) is 5.10. The Hall–Kier alpha value is -1.92. The molecule has 2 amide bonds. The monoisotopic (exact) mass is 386 g/mol. The summed E-state index contributed by atoms with van der Waals surface area (Å²) in [6.07, 6.45) is 7.69. The van der Waals surface area contributed by atoms with Crippen LogP contribution in [0.3, 0.4) is 0 Å². The molecule has 6 heteroatoms. The SMILES string of the molecule is O=C(NCC1([NH+]2CCOCC2)CCCCC1)c1ccc(N2CCCC2=O)cc1. The zero-order valence-corrected chi connectivity index (χ0v) is 16.7. The van der Waals surface area contributed by atoms with Crippen LogP contribution in [0.15, 0.2) is 24.3 Å².